The first kappa shape index (κ1) is 12.8. The number of carboxylic acids is 1. The topological polar surface area (TPSA) is 78.9 Å². The summed E-state index contributed by atoms with van der Waals surface area (Å²) in [6.07, 6.45) is -0.0186. The lowest BCUT2D eigenvalue weighted by molar-refractivity contribution is -0.312. The van der Waals surface area contributed by atoms with Crippen LogP contribution in [0.2, 0.25) is 0 Å². The van der Waals surface area contributed by atoms with Gasteiger partial charge in [0.15, 0.2) is 11.5 Å². The molecule has 0 aliphatic carbocycles. The fraction of sp³-hybridized carbons (Fsp3) is 0.429. The van der Waals surface area contributed by atoms with E-state index in [1.165, 1.54) is 0 Å². The number of nitrogens with zero attached hydrogens (tertiary/aromatic N) is 1. The van der Waals surface area contributed by atoms with Crippen molar-refractivity contribution >= 4 is 11.9 Å². The number of carboxylic acid groups (broad SMARTS) is 1. The van der Waals surface area contributed by atoms with Gasteiger partial charge in [0, 0.05) is 24.9 Å². The third kappa shape index (κ3) is 1.88. The van der Waals surface area contributed by atoms with E-state index in [0.29, 0.717) is 18.0 Å². The van der Waals surface area contributed by atoms with E-state index in [0.717, 1.165) is 5.56 Å². The minimum absolute atomic E-state index is 0.0186. The van der Waals surface area contributed by atoms with Gasteiger partial charge in [-0.3, -0.25) is 4.79 Å². The van der Waals surface area contributed by atoms with Crippen LogP contribution in [-0.4, -0.2) is 30.1 Å². The molecular weight excluding hydrogens is 262 g/mol. The molecule has 1 aromatic carbocycles. The Labute approximate surface area is 115 Å². The van der Waals surface area contributed by atoms with Gasteiger partial charge in [-0.2, -0.15) is 0 Å². The van der Waals surface area contributed by atoms with Crippen molar-refractivity contribution in [2.45, 2.75) is 19.4 Å². The molecule has 0 unspecified atom stereocenters. The molecule has 2 aliphatic rings. The minimum Gasteiger partial charge on any atom is -0.550 e. The fourth-order valence-corrected chi connectivity index (χ4v) is 2.88. The van der Waals surface area contributed by atoms with Crippen LogP contribution in [0.5, 0.6) is 11.5 Å². The Bertz CT molecular complexity index is 571. The predicted molar refractivity (Wildman–Crippen MR) is 65.8 cm³/mol. The van der Waals surface area contributed by atoms with Crippen molar-refractivity contribution in [3.8, 4) is 11.5 Å². The number of benzene rings is 1. The molecule has 1 saturated heterocycles. The second-order valence-corrected chi connectivity index (χ2v) is 4.87. The van der Waals surface area contributed by atoms with E-state index in [1.807, 2.05) is 6.92 Å². The quantitative estimate of drug-likeness (QED) is 0.781. The Morgan fingerprint density at radius 3 is 2.85 bits per heavy atom. The molecule has 2 aliphatic heterocycles. The van der Waals surface area contributed by atoms with Crippen molar-refractivity contribution in [1.82, 2.24) is 4.90 Å². The Kier molecular flexibility index (Phi) is 3.00. The standard InChI is InChI=1S/C14H15NO5/c1-2-15-12(16)6-9(14(17)18)13(15)8-3-4-10-11(5-8)20-7-19-10/h3-5,9,13H,2,6-7H2,1H3,(H,17,18)/p-1/t9-,13-/m1/s1. The smallest absolute Gasteiger partial charge is 0.231 e. The molecule has 0 spiro atoms. The number of ether oxygens (including phenoxy) is 2. The molecule has 6 nitrogen and oxygen atoms in total. The van der Waals surface area contributed by atoms with Gasteiger partial charge in [0.05, 0.1) is 6.04 Å². The van der Waals surface area contributed by atoms with Gasteiger partial charge in [-0.1, -0.05) is 6.07 Å². The van der Waals surface area contributed by atoms with Gasteiger partial charge in [0.2, 0.25) is 12.7 Å². The predicted octanol–water partition coefficient (Wildman–Crippen LogP) is 0.0747. The summed E-state index contributed by atoms with van der Waals surface area (Å²) in [6.45, 7) is 2.45. The Balaban J connectivity index is 2.00. The monoisotopic (exact) mass is 276 g/mol. The summed E-state index contributed by atoms with van der Waals surface area (Å²) >= 11 is 0. The van der Waals surface area contributed by atoms with Crippen molar-refractivity contribution in [3.63, 3.8) is 0 Å². The van der Waals surface area contributed by atoms with Crippen LogP contribution in [0, 0.1) is 5.92 Å². The van der Waals surface area contributed by atoms with Crippen molar-refractivity contribution in [1.29, 1.82) is 0 Å². The maximum absolute atomic E-state index is 11.9. The van der Waals surface area contributed by atoms with Crippen LogP contribution in [0.15, 0.2) is 18.2 Å². The number of carbonyl (C=O) groups is 2. The van der Waals surface area contributed by atoms with E-state index >= 15 is 0 Å². The first-order chi connectivity index (χ1) is 9.61. The summed E-state index contributed by atoms with van der Waals surface area (Å²) in [6, 6.07) is 4.74. The third-order valence-corrected chi connectivity index (χ3v) is 3.81. The van der Waals surface area contributed by atoms with Crippen molar-refractivity contribution in [2.24, 2.45) is 5.92 Å². The lowest BCUT2D eigenvalue weighted by Crippen LogP contribution is -2.36. The van der Waals surface area contributed by atoms with Crippen molar-refractivity contribution < 1.29 is 24.2 Å². The maximum Gasteiger partial charge on any atom is 0.231 e. The van der Waals surface area contributed by atoms with Crippen LogP contribution in [-0.2, 0) is 9.59 Å². The molecule has 0 N–H and O–H groups in total. The summed E-state index contributed by atoms with van der Waals surface area (Å²) in [5, 5.41) is 11.3. The van der Waals surface area contributed by atoms with E-state index < -0.39 is 17.9 Å². The number of rotatable bonds is 3. The highest BCUT2D eigenvalue weighted by atomic mass is 16.7. The SMILES string of the molecule is CCN1C(=O)C[C@@H](C(=O)[O-])[C@H]1c1ccc2c(c1)OCO2. The zero-order valence-corrected chi connectivity index (χ0v) is 11.0. The van der Waals surface area contributed by atoms with Gasteiger partial charge in [-0.15, -0.1) is 0 Å². The lowest BCUT2D eigenvalue weighted by Gasteiger charge is -2.28. The number of aliphatic carboxylic acids is 1. The highest BCUT2D eigenvalue weighted by molar-refractivity contribution is 5.86. The molecule has 0 bridgehead atoms. The summed E-state index contributed by atoms with van der Waals surface area (Å²) < 4.78 is 10.5. The summed E-state index contributed by atoms with van der Waals surface area (Å²) in [4.78, 5) is 24.8. The van der Waals surface area contributed by atoms with E-state index in [9.17, 15) is 14.7 Å². The fourth-order valence-electron chi connectivity index (χ4n) is 2.88. The van der Waals surface area contributed by atoms with Crippen LogP contribution in [0.4, 0.5) is 0 Å². The zero-order chi connectivity index (χ0) is 14.3. The van der Waals surface area contributed by atoms with Crippen LogP contribution >= 0.6 is 0 Å². The van der Waals surface area contributed by atoms with Crippen molar-refractivity contribution in [2.75, 3.05) is 13.3 Å². The molecule has 0 saturated carbocycles. The van der Waals surface area contributed by atoms with Crippen LogP contribution < -0.4 is 14.6 Å². The summed E-state index contributed by atoms with van der Waals surface area (Å²) in [5.41, 5.74) is 0.733. The summed E-state index contributed by atoms with van der Waals surface area (Å²) in [7, 11) is 0. The normalized spacial score (nSPS) is 24.2. The van der Waals surface area contributed by atoms with Gasteiger partial charge in [-0.25, -0.2) is 0 Å². The third-order valence-electron chi connectivity index (χ3n) is 3.81. The highest BCUT2D eigenvalue weighted by Gasteiger charge is 2.40. The van der Waals surface area contributed by atoms with Crippen LogP contribution in [0.3, 0.4) is 0 Å². The van der Waals surface area contributed by atoms with Gasteiger partial charge < -0.3 is 24.3 Å². The molecule has 6 heteroatoms. The Morgan fingerprint density at radius 2 is 2.15 bits per heavy atom. The van der Waals surface area contributed by atoms with E-state index in [2.05, 4.69) is 0 Å². The molecule has 20 heavy (non-hydrogen) atoms. The van der Waals surface area contributed by atoms with Gasteiger partial charge in [0.25, 0.3) is 0 Å². The number of amides is 1. The first-order valence-corrected chi connectivity index (χ1v) is 6.51. The van der Waals surface area contributed by atoms with Gasteiger partial charge in [-0.05, 0) is 24.6 Å². The van der Waals surface area contributed by atoms with E-state index in [4.69, 9.17) is 9.47 Å². The molecule has 3 rings (SSSR count). The molecule has 2 atom stereocenters. The summed E-state index contributed by atoms with van der Waals surface area (Å²) in [5.74, 6) is -0.981. The molecule has 1 amide bonds. The Hall–Kier alpha value is -2.24. The van der Waals surface area contributed by atoms with E-state index in [-0.39, 0.29) is 19.1 Å². The lowest BCUT2D eigenvalue weighted by atomic mass is 9.93. The van der Waals surface area contributed by atoms with Crippen LogP contribution in [0.1, 0.15) is 24.9 Å². The number of fused-ring (bicyclic) bond motifs is 1. The Morgan fingerprint density at radius 1 is 1.40 bits per heavy atom. The second-order valence-electron chi connectivity index (χ2n) is 4.87. The zero-order valence-electron chi connectivity index (χ0n) is 11.0. The minimum atomic E-state index is -1.20. The molecular formula is C14H14NO5-. The average Bonchev–Trinajstić information content (AvgIpc) is 3.01. The number of likely N-dealkylation sites (tertiary alicyclic amines) is 1. The first-order valence-electron chi connectivity index (χ1n) is 6.51. The van der Waals surface area contributed by atoms with Gasteiger partial charge >= 0.3 is 0 Å². The maximum atomic E-state index is 11.9. The molecule has 1 fully saturated rings. The molecule has 0 radical (unpaired) electrons. The average molecular weight is 276 g/mol. The molecule has 0 aromatic heterocycles. The molecule has 2 heterocycles. The molecule has 1 aromatic rings. The van der Waals surface area contributed by atoms with E-state index in [1.54, 1.807) is 23.1 Å². The highest BCUT2D eigenvalue weighted by Crippen LogP contribution is 2.41. The van der Waals surface area contributed by atoms with Gasteiger partial charge in [0.1, 0.15) is 0 Å². The van der Waals surface area contributed by atoms with Crippen molar-refractivity contribution in [3.05, 3.63) is 23.8 Å². The number of hydrogen-bond donors (Lipinski definition) is 0. The molecule has 106 valence electrons. The number of hydrogen-bond acceptors (Lipinski definition) is 5. The largest absolute Gasteiger partial charge is 0.550 e. The second kappa shape index (κ2) is 4.70. The van der Waals surface area contributed by atoms with Crippen LogP contribution in [0.25, 0.3) is 0 Å². The number of carbonyl (C=O) groups excluding carboxylic acids is 2.